The van der Waals surface area contributed by atoms with Crippen LogP contribution in [0.3, 0.4) is 0 Å². The molecule has 0 aromatic heterocycles. The van der Waals surface area contributed by atoms with E-state index in [9.17, 15) is 21.6 Å². The van der Waals surface area contributed by atoms with Gasteiger partial charge >= 0.3 is 6.18 Å². The lowest BCUT2D eigenvalue weighted by Gasteiger charge is -2.22. The minimum Gasteiger partial charge on any atom is -0.373 e. The zero-order chi connectivity index (χ0) is 28.6. The van der Waals surface area contributed by atoms with Gasteiger partial charge in [0.25, 0.3) is 0 Å². The molecule has 2 N–H and O–H groups in total. The molecule has 4 aromatic carbocycles. The largest absolute Gasteiger partial charge is 0.416 e. The third-order valence-electron chi connectivity index (χ3n) is 6.01. The Hall–Kier alpha value is -3.77. The van der Waals surface area contributed by atoms with Crippen LogP contribution in [0, 0.1) is 11.8 Å². The monoisotopic (exact) mass is 582 g/mol. The molecule has 0 aliphatic heterocycles. The summed E-state index contributed by atoms with van der Waals surface area (Å²) in [5.41, 5.74) is 2.22. The van der Waals surface area contributed by atoms with E-state index >= 15 is 0 Å². The summed E-state index contributed by atoms with van der Waals surface area (Å²) >= 11 is 6.24. The number of alkyl halides is 3. The maximum Gasteiger partial charge on any atom is 0.416 e. The normalized spacial score (nSPS) is 11.6. The Bertz CT molecular complexity index is 1560. The van der Waals surface area contributed by atoms with Gasteiger partial charge in [0, 0.05) is 23.6 Å². The summed E-state index contributed by atoms with van der Waals surface area (Å²) < 4.78 is 66.9. The van der Waals surface area contributed by atoms with Gasteiger partial charge < -0.3 is 5.32 Å². The Morgan fingerprint density at radius 2 is 1.43 bits per heavy atom. The molecule has 0 spiro atoms. The van der Waals surface area contributed by atoms with Gasteiger partial charge in [-0.3, -0.25) is 0 Å². The van der Waals surface area contributed by atoms with E-state index in [-0.39, 0.29) is 24.6 Å². The molecule has 0 fully saturated rings. The first-order valence-electron chi connectivity index (χ1n) is 12.4. The molecule has 0 atom stereocenters. The van der Waals surface area contributed by atoms with Gasteiger partial charge in [0.1, 0.15) is 0 Å². The van der Waals surface area contributed by atoms with Gasteiger partial charge in [-0.15, -0.1) is 0 Å². The summed E-state index contributed by atoms with van der Waals surface area (Å²) in [7, 11) is -4.01. The average Bonchev–Trinajstić information content (AvgIpc) is 2.93. The molecule has 40 heavy (non-hydrogen) atoms. The Kier molecular flexibility index (Phi) is 9.54. The number of halogens is 4. The summed E-state index contributed by atoms with van der Waals surface area (Å²) in [4.78, 5) is 0. The van der Waals surface area contributed by atoms with Crippen LogP contribution in [0.25, 0.3) is 0 Å². The molecular formula is C31H26ClF3N2O2S. The molecule has 0 unspecified atom stereocenters. The van der Waals surface area contributed by atoms with E-state index in [4.69, 9.17) is 11.6 Å². The fraction of sp³-hybridized carbons (Fsp3) is 0.161. The van der Waals surface area contributed by atoms with Crippen molar-refractivity contribution in [2.75, 3.05) is 11.9 Å². The molecule has 0 aliphatic rings. The zero-order valence-corrected chi connectivity index (χ0v) is 22.8. The summed E-state index contributed by atoms with van der Waals surface area (Å²) in [6, 6.07) is 29.7. The predicted molar refractivity (Wildman–Crippen MR) is 153 cm³/mol. The highest BCUT2D eigenvalue weighted by Gasteiger charge is 2.33. The van der Waals surface area contributed by atoms with Gasteiger partial charge in [0.05, 0.1) is 23.0 Å². The molecule has 0 saturated carbocycles. The molecule has 206 valence electrons. The van der Waals surface area contributed by atoms with E-state index in [1.54, 1.807) is 12.1 Å². The van der Waals surface area contributed by atoms with Crippen molar-refractivity contribution in [1.29, 1.82) is 0 Å². The Labute approximate surface area is 237 Å². The summed E-state index contributed by atoms with van der Waals surface area (Å²) in [5.74, 6) is 5.21. The highest BCUT2D eigenvalue weighted by Crippen LogP contribution is 2.33. The molecule has 9 heteroatoms. The van der Waals surface area contributed by atoms with Crippen molar-refractivity contribution < 1.29 is 21.6 Å². The number of hydrogen-bond donors (Lipinski definition) is 2. The fourth-order valence-electron chi connectivity index (χ4n) is 4.16. The second-order valence-electron chi connectivity index (χ2n) is 8.95. The Morgan fingerprint density at radius 3 is 2.05 bits per heavy atom. The van der Waals surface area contributed by atoms with Crippen LogP contribution in [0.4, 0.5) is 18.9 Å². The molecule has 0 saturated heterocycles. The molecule has 0 aliphatic carbocycles. The van der Waals surface area contributed by atoms with Crippen molar-refractivity contribution in [3.05, 3.63) is 136 Å². The van der Waals surface area contributed by atoms with Crippen LogP contribution in [-0.4, -0.2) is 15.0 Å². The molecule has 4 aromatic rings. The first kappa shape index (κ1) is 29.2. The van der Waals surface area contributed by atoms with Crippen LogP contribution in [0.2, 0.25) is 5.02 Å². The standard InChI is InChI=1S/C31H26ClF3N2O2S/c32-27-18-19-29(37-30(23-11-3-1-4-12-23)24-13-5-2-6-14-24)25(21-27)15-9-10-20-36-40(38,39)22-26-16-7-8-17-28(26)31(33,34)35/h1-8,11-14,16-19,21,30,36-37H,10,20,22H2. The van der Waals surface area contributed by atoms with E-state index < -0.39 is 27.5 Å². The first-order chi connectivity index (χ1) is 19.1. The second-order valence-corrected chi connectivity index (χ2v) is 11.2. The highest BCUT2D eigenvalue weighted by atomic mass is 35.5. The van der Waals surface area contributed by atoms with Crippen molar-refractivity contribution in [2.24, 2.45) is 0 Å². The van der Waals surface area contributed by atoms with Crippen molar-refractivity contribution in [3.8, 4) is 11.8 Å². The molecule has 4 rings (SSSR count). The zero-order valence-electron chi connectivity index (χ0n) is 21.3. The number of sulfonamides is 1. The lowest BCUT2D eigenvalue weighted by molar-refractivity contribution is -0.138. The number of benzene rings is 4. The molecule has 0 heterocycles. The summed E-state index contributed by atoms with van der Waals surface area (Å²) in [5, 5.41) is 4.05. The third-order valence-corrected chi connectivity index (χ3v) is 7.58. The van der Waals surface area contributed by atoms with E-state index in [2.05, 4.69) is 21.9 Å². The van der Waals surface area contributed by atoms with Gasteiger partial charge in [-0.05, 0) is 41.0 Å². The van der Waals surface area contributed by atoms with Crippen molar-refractivity contribution >= 4 is 27.3 Å². The van der Waals surface area contributed by atoms with Crippen LogP contribution in [0.1, 0.15) is 40.3 Å². The number of nitrogens with one attached hydrogen (secondary N) is 2. The van der Waals surface area contributed by atoms with E-state index in [0.29, 0.717) is 10.6 Å². The van der Waals surface area contributed by atoms with Crippen molar-refractivity contribution in [2.45, 2.75) is 24.4 Å². The second kappa shape index (κ2) is 13.1. The van der Waals surface area contributed by atoms with E-state index in [1.165, 1.54) is 12.1 Å². The number of rotatable bonds is 9. The summed E-state index contributed by atoms with van der Waals surface area (Å²) in [6.45, 7) is -0.0521. The smallest absolute Gasteiger partial charge is 0.373 e. The maximum atomic E-state index is 13.2. The molecule has 0 amide bonds. The van der Waals surface area contributed by atoms with Gasteiger partial charge in [0.2, 0.25) is 10.0 Å². The Balaban J connectivity index is 1.46. The highest BCUT2D eigenvalue weighted by molar-refractivity contribution is 7.88. The predicted octanol–water partition coefficient (Wildman–Crippen LogP) is 7.42. The fourth-order valence-corrected chi connectivity index (χ4v) is 5.50. The molecule has 0 radical (unpaired) electrons. The number of hydrogen-bond acceptors (Lipinski definition) is 3. The average molecular weight is 583 g/mol. The van der Waals surface area contributed by atoms with Crippen LogP contribution in [0.5, 0.6) is 0 Å². The van der Waals surface area contributed by atoms with Gasteiger partial charge in [-0.2, -0.15) is 13.2 Å². The quantitative estimate of drug-likeness (QED) is 0.159. The topological polar surface area (TPSA) is 58.2 Å². The van der Waals surface area contributed by atoms with E-state index in [1.807, 2.05) is 66.7 Å². The first-order valence-corrected chi connectivity index (χ1v) is 14.4. The SMILES string of the molecule is O=S(=O)(Cc1ccccc1C(F)(F)F)NCCC#Cc1cc(Cl)ccc1NC(c1ccccc1)c1ccccc1. The molecule has 4 nitrogen and oxygen atoms in total. The minimum atomic E-state index is -4.64. The Morgan fingerprint density at radius 1 is 0.825 bits per heavy atom. The van der Waals surface area contributed by atoms with Crippen LogP contribution < -0.4 is 10.0 Å². The third kappa shape index (κ3) is 8.12. The molecule has 0 bridgehead atoms. The lowest BCUT2D eigenvalue weighted by Crippen LogP contribution is -2.27. The van der Waals surface area contributed by atoms with Gasteiger partial charge in [0.15, 0.2) is 0 Å². The van der Waals surface area contributed by atoms with Crippen molar-refractivity contribution in [3.63, 3.8) is 0 Å². The maximum absolute atomic E-state index is 13.2. The van der Waals surface area contributed by atoms with E-state index in [0.717, 1.165) is 28.9 Å². The minimum absolute atomic E-state index is 0.0521. The summed E-state index contributed by atoms with van der Waals surface area (Å²) in [6.07, 6.45) is -4.49. The number of anilines is 1. The van der Waals surface area contributed by atoms with Gasteiger partial charge in [-0.25, -0.2) is 13.1 Å². The lowest BCUT2D eigenvalue weighted by atomic mass is 9.98. The van der Waals surface area contributed by atoms with Crippen LogP contribution >= 0.6 is 11.6 Å². The molecular weight excluding hydrogens is 557 g/mol. The van der Waals surface area contributed by atoms with Crippen molar-refractivity contribution in [1.82, 2.24) is 4.72 Å². The van der Waals surface area contributed by atoms with Gasteiger partial charge in [-0.1, -0.05) is 102 Å². The van der Waals surface area contributed by atoms with Crippen LogP contribution in [0.15, 0.2) is 103 Å². The van der Waals surface area contributed by atoms with Crippen LogP contribution in [-0.2, 0) is 22.0 Å².